The third kappa shape index (κ3) is 4.80. The van der Waals surface area contributed by atoms with Crippen molar-refractivity contribution < 1.29 is 0 Å². The maximum absolute atomic E-state index is 4.75. The number of hydrogen-bond donors (Lipinski definition) is 0. The highest BCUT2D eigenvalue weighted by molar-refractivity contribution is 5.59. The molecule has 0 bridgehead atoms. The number of nitrogens with zero attached hydrogens (tertiary/aromatic N) is 4. The minimum atomic E-state index is 0.508. The summed E-state index contributed by atoms with van der Waals surface area (Å²) in [5.74, 6) is 0. The van der Waals surface area contributed by atoms with Gasteiger partial charge in [0.05, 0.1) is 5.69 Å². The summed E-state index contributed by atoms with van der Waals surface area (Å²) in [5, 5.41) is 0. The second kappa shape index (κ2) is 9.17. The number of pyridine rings is 1. The van der Waals surface area contributed by atoms with Gasteiger partial charge >= 0.3 is 0 Å². The maximum Gasteiger partial charge on any atom is 0.0702 e. The molecule has 0 radical (unpaired) electrons. The molecule has 0 unspecified atom stereocenters. The fraction of sp³-hybridized carbons (Fsp3) is 0.542. The molecule has 1 aromatic heterocycles. The minimum absolute atomic E-state index is 0.508. The molecule has 2 fully saturated rings. The van der Waals surface area contributed by atoms with Crippen molar-refractivity contribution in [3.63, 3.8) is 0 Å². The summed E-state index contributed by atoms with van der Waals surface area (Å²) in [7, 11) is 2.20. The lowest BCUT2D eigenvalue weighted by atomic mass is 10.0. The molecule has 0 spiro atoms. The van der Waals surface area contributed by atoms with E-state index in [9.17, 15) is 0 Å². The summed E-state index contributed by atoms with van der Waals surface area (Å²) in [6.45, 7) is 10.4. The Bertz CT molecular complexity index is 726. The van der Waals surface area contributed by atoms with Crippen molar-refractivity contribution in [1.82, 2.24) is 19.7 Å². The Balaban J connectivity index is 1.37. The van der Waals surface area contributed by atoms with Gasteiger partial charge in [-0.1, -0.05) is 36.8 Å². The molecule has 150 valence electrons. The van der Waals surface area contributed by atoms with Crippen LogP contribution in [-0.4, -0.2) is 66.0 Å². The van der Waals surface area contributed by atoms with Gasteiger partial charge in [0, 0.05) is 50.5 Å². The zero-order valence-electron chi connectivity index (χ0n) is 17.5. The largest absolute Gasteiger partial charge is 0.304 e. The lowest BCUT2D eigenvalue weighted by Gasteiger charge is -2.32. The van der Waals surface area contributed by atoms with Gasteiger partial charge in [-0.25, -0.2) is 0 Å². The third-order valence-corrected chi connectivity index (χ3v) is 6.45. The Labute approximate surface area is 170 Å². The molecule has 4 rings (SSSR count). The molecule has 1 atom stereocenters. The predicted octanol–water partition coefficient (Wildman–Crippen LogP) is 4.04. The lowest BCUT2D eigenvalue weighted by Crippen LogP contribution is -2.43. The van der Waals surface area contributed by atoms with E-state index in [0.717, 1.165) is 38.4 Å². The first-order valence-electron chi connectivity index (χ1n) is 10.9. The van der Waals surface area contributed by atoms with Gasteiger partial charge in [0.1, 0.15) is 0 Å². The summed E-state index contributed by atoms with van der Waals surface area (Å²) in [5.41, 5.74) is 5.00. The third-order valence-electron chi connectivity index (χ3n) is 6.45. The second-order valence-corrected chi connectivity index (χ2v) is 8.53. The lowest BCUT2D eigenvalue weighted by molar-refractivity contribution is 0.148. The maximum atomic E-state index is 4.75. The topological polar surface area (TPSA) is 22.6 Å². The van der Waals surface area contributed by atoms with E-state index in [1.807, 2.05) is 0 Å². The van der Waals surface area contributed by atoms with E-state index in [-0.39, 0.29) is 0 Å². The Hall–Kier alpha value is -1.75. The van der Waals surface area contributed by atoms with Crippen LogP contribution in [0.15, 0.2) is 42.6 Å². The Kier molecular flexibility index (Phi) is 6.40. The van der Waals surface area contributed by atoms with Gasteiger partial charge in [0.2, 0.25) is 0 Å². The summed E-state index contributed by atoms with van der Waals surface area (Å²) < 4.78 is 0. The van der Waals surface area contributed by atoms with Crippen molar-refractivity contribution in [2.75, 3.05) is 46.3 Å². The van der Waals surface area contributed by atoms with Crippen LogP contribution in [0.2, 0.25) is 0 Å². The zero-order valence-corrected chi connectivity index (χ0v) is 17.5. The minimum Gasteiger partial charge on any atom is -0.304 e. The second-order valence-electron chi connectivity index (χ2n) is 8.53. The summed E-state index contributed by atoms with van der Waals surface area (Å²) >= 11 is 0. The Morgan fingerprint density at radius 1 is 0.857 bits per heavy atom. The summed E-state index contributed by atoms with van der Waals surface area (Å²) in [4.78, 5) is 12.3. The van der Waals surface area contributed by atoms with Crippen LogP contribution < -0.4 is 0 Å². The van der Waals surface area contributed by atoms with E-state index >= 15 is 0 Å². The van der Waals surface area contributed by atoms with Crippen LogP contribution in [0.5, 0.6) is 0 Å². The van der Waals surface area contributed by atoms with Gasteiger partial charge in [0.25, 0.3) is 0 Å². The SMILES string of the molecule is C[C@@H](c1ccc(-c2ccc(CN3CCN(C)CC3)cn2)cc1)N1CCCCC1. The highest BCUT2D eigenvalue weighted by Gasteiger charge is 2.18. The molecule has 2 aliphatic heterocycles. The fourth-order valence-electron chi connectivity index (χ4n) is 4.40. The van der Waals surface area contributed by atoms with Crippen LogP contribution in [-0.2, 0) is 6.54 Å². The molecule has 0 aliphatic carbocycles. The average Bonchev–Trinajstić information content (AvgIpc) is 2.76. The molecule has 0 saturated carbocycles. The number of hydrogen-bond acceptors (Lipinski definition) is 4. The first kappa shape index (κ1) is 19.6. The summed E-state index contributed by atoms with van der Waals surface area (Å²) in [6, 6.07) is 14.0. The average molecular weight is 379 g/mol. The molecule has 28 heavy (non-hydrogen) atoms. The highest BCUT2D eigenvalue weighted by atomic mass is 15.2. The van der Waals surface area contributed by atoms with E-state index in [1.165, 1.54) is 49.0 Å². The normalized spacial score (nSPS) is 20.9. The van der Waals surface area contributed by atoms with Crippen molar-refractivity contribution in [3.05, 3.63) is 53.7 Å². The van der Waals surface area contributed by atoms with Gasteiger partial charge < -0.3 is 4.90 Å². The van der Waals surface area contributed by atoms with E-state index in [1.54, 1.807) is 0 Å². The van der Waals surface area contributed by atoms with Gasteiger partial charge in [-0.2, -0.15) is 0 Å². The van der Waals surface area contributed by atoms with Crippen LogP contribution in [0.25, 0.3) is 11.3 Å². The van der Waals surface area contributed by atoms with Crippen molar-refractivity contribution in [2.45, 2.75) is 38.8 Å². The number of rotatable bonds is 5. The smallest absolute Gasteiger partial charge is 0.0702 e. The Morgan fingerprint density at radius 2 is 1.57 bits per heavy atom. The van der Waals surface area contributed by atoms with Crippen LogP contribution in [0.4, 0.5) is 0 Å². The van der Waals surface area contributed by atoms with E-state index < -0.39 is 0 Å². The fourth-order valence-corrected chi connectivity index (χ4v) is 4.40. The van der Waals surface area contributed by atoms with Crippen LogP contribution in [0.3, 0.4) is 0 Å². The summed E-state index contributed by atoms with van der Waals surface area (Å²) in [6.07, 6.45) is 6.12. The highest BCUT2D eigenvalue weighted by Crippen LogP contribution is 2.26. The van der Waals surface area contributed by atoms with E-state index in [4.69, 9.17) is 4.98 Å². The zero-order chi connectivity index (χ0) is 19.3. The molecule has 0 amide bonds. The number of likely N-dealkylation sites (tertiary alicyclic amines) is 1. The van der Waals surface area contributed by atoms with Crippen molar-refractivity contribution >= 4 is 0 Å². The molecule has 1 aromatic carbocycles. The predicted molar refractivity (Wildman–Crippen MR) is 116 cm³/mol. The van der Waals surface area contributed by atoms with Crippen LogP contribution >= 0.6 is 0 Å². The van der Waals surface area contributed by atoms with Crippen LogP contribution in [0.1, 0.15) is 43.4 Å². The molecule has 0 N–H and O–H groups in total. The number of likely N-dealkylation sites (N-methyl/N-ethyl adjacent to an activating group) is 1. The van der Waals surface area contributed by atoms with Crippen molar-refractivity contribution in [2.24, 2.45) is 0 Å². The van der Waals surface area contributed by atoms with Gasteiger partial charge in [-0.15, -0.1) is 0 Å². The molecule has 2 saturated heterocycles. The number of aromatic nitrogens is 1. The molecule has 4 nitrogen and oxygen atoms in total. The molecule has 3 heterocycles. The quantitative estimate of drug-likeness (QED) is 0.783. The first-order chi connectivity index (χ1) is 13.7. The molecule has 2 aromatic rings. The molecule has 2 aliphatic rings. The number of benzene rings is 1. The Morgan fingerprint density at radius 3 is 2.21 bits per heavy atom. The number of piperazine rings is 1. The first-order valence-corrected chi connectivity index (χ1v) is 10.9. The molecular weight excluding hydrogens is 344 g/mol. The van der Waals surface area contributed by atoms with Gasteiger partial charge in [-0.05, 0) is 57.1 Å². The number of piperidine rings is 1. The standard InChI is InChI=1S/C24H34N4/c1-20(28-12-4-3-5-13-28)22-7-9-23(10-8-22)24-11-6-21(18-25-24)19-27-16-14-26(2)15-17-27/h6-11,18,20H,3-5,12-17,19H2,1-2H3/t20-/m0/s1. The molecular formula is C24H34N4. The van der Waals surface area contributed by atoms with E-state index in [2.05, 4.69) is 71.3 Å². The van der Waals surface area contributed by atoms with Gasteiger partial charge in [-0.3, -0.25) is 14.8 Å². The monoisotopic (exact) mass is 378 g/mol. The van der Waals surface area contributed by atoms with E-state index in [0.29, 0.717) is 6.04 Å². The molecule has 4 heteroatoms. The van der Waals surface area contributed by atoms with Gasteiger partial charge in [0.15, 0.2) is 0 Å². The van der Waals surface area contributed by atoms with Crippen LogP contribution in [0, 0.1) is 0 Å². The van der Waals surface area contributed by atoms with Crippen molar-refractivity contribution in [1.29, 1.82) is 0 Å². The van der Waals surface area contributed by atoms with Crippen molar-refractivity contribution in [3.8, 4) is 11.3 Å².